The lowest BCUT2D eigenvalue weighted by molar-refractivity contribution is 0.465. The van der Waals surface area contributed by atoms with Crippen LogP contribution in [-0.2, 0) is 17.6 Å². The van der Waals surface area contributed by atoms with Crippen molar-refractivity contribution in [3.05, 3.63) is 45.9 Å². The Morgan fingerprint density at radius 1 is 1.12 bits per heavy atom. The minimum Gasteiger partial charge on any atom is -0.411 e. The summed E-state index contributed by atoms with van der Waals surface area (Å²) in [5.74, 6) is 1.31. The van der Waals surface area contributed by atoms with Gasteiger partial charge in [0.25, 0.3) is 5.22 Å². The maximum absolute atomic E-state index is 5.77. The first-order chi connectivity index (χ1) is 11.5. The standard InChI is InChI=1S/C18H21N3OS2/c1-5-15-19-14(10-23-15)11-24-17-21-20-16(22-17)12-6-8-13(9-7-12)18(2,3)4/h6-10H,5,11H2,1-4H3. The summed E-state index contributed by atoms with van der Waals surface area (Å²) in [6, 6.07) is 8.31. The van der Waals surface area contributed by atoms with Crippen LogP contribution in [0.2, 0.25) is 0 Å². The van der Waals surface area contributed by atoms with Crippen LogP contribution in [0.25, 0.3) is 11.5 Å². The Bertz CT molecular complexity index is 800. The number of aryl methyl sites for hydroxylation is 1. The van der Waals surface area contributed by atoms with Crippen LogP contribution in [0.5, 0.6) is 0 Å². The van der Waals surface area contributed by atoms with E-state index in [1.165, 1.54) is 17.3 Å². The largest absolute Gasteiger partial charge is 0.411 e. The van der Waals surface area contributed by atoms with E-state index in [9.17, 15) is 0 Å². The van der Waals surface area contributed by atoms with E-state index in [0.29, 0.717) is 11.1 Å². The third-order valence-electron chi connectivity index (χ3n) is 3.65. The first-order valence-corrected chi connectivity index (χ1v) is 9.82. The van der Waals surface area contributed by atoms with Gasteiger partial charge in [-0.25, -0.2) is 4.98 Å². The molecule has 0 bridgehead atoms. The van der Waals surface area contributed by atoms with Crippen molar-refractivity contribution in [1.29, 1.82) is 0 Å². The van der Waals surface area contributed by atoms with E-state index in [4.69, 9.17) is 4.42 Å². The van der Waals surface area contributed by atoms with Crippen LogP contribution >= 0.6 is 23.1 Å². The molecular formula is C18H21N3OS2. The molecule has 3 rings (SSSR count). The second-order valence-corrected chi connectivity index (χ2v) is 8.44. The maximum atomic E-state index is 5.77. The van der Waals surface area contributed by atoms with Gasteiger partial charge in [-0.3, -0.25) is 0 Å². The van der Waals surface area contributed by atoms with E-state index in [-0.39, 0.29) is 5.41 Å². The normalized spacial score (nSPS) is 11.8. The topological polar surface area (TPSA) is 51.8 Å². The Labute approximate surface area is 150 Å². The molecule has 3 aromatic rings. The first-order valence-electron chi connectivity index (χ1n) is 7.96. The van der Waals surface area contributed by atoms with Gasteiger partial charge in [0.15, 0.2) is 0 Å². The molecule has 24 heavy (non-hydrogen) atoms. The number of nitrogens with zero attached hydrogens (tertiary/aromatic N) is 3. The molecule has 0 unspecified atom stereocenters. The summed E-state index contributed by atoms with van der Waals surface area (Å²) < 4.78 is 5.77. The average Bonchev–Trinajstić information content (AvgIpc) is 3.21. The highest BCUT2D eigenvalue weighted by Crippen LogP contribution is 2.28. The molecule has 0 saturated heterocycles. The zero-order valence-electron chi connectivity index (χ0n) is 14.4. The molecule has 0 radical (unpaired) electrons. The van der Waals surface area contributed by atoms with Gasteiger partial charge >= 0.3 is 0 Å². The summed E-state index contributed by atoms with van der Waals surface area (Å²) in [6.45, 7) is 8.72. The molecule has 0 saturated carbocycles. The van der Waals surface area contributed by atoms with E-state index in [0.717, 1.165) is 28.4 Å². The molecule has 2 heterocycles. The molecule has 1 aromatic carbocycles. The van der Waals surface area contributed by atoms with Crippen LogP contribution in [0, 0.1) is 0 Å². The van der Waals surface area contributed by atoms with Crippen molar-refractivity contribution in [2.24, 2.45) is 0 Å². The van der Waals surface area contributed by atoms with Crippen molar-refractivity contribution in [1.82, 2.24) is 15.2 Å². The lowest BCUT2D eigenvalue weighted by Crippen LogP contribution is -2.10. The molecule has 0 fully saturated rings. The van der Waals surface area contributed by atoms with Gasteiger partial charge in [0, 0.05) is 16.7 Å². The Morgan fingerprint density at radius 2 is 1.88 bits per heavy atom. The van der Waals surface area contributed by atoms with Crippen molar-refractivity contribution in [3.8, 4) is 11.5 Å². The number of benzene rings is 1. The molecule has 2 aromatic heterocycles. The van der Waals surface area contributed by atoms with Crippen molar-refractivity contribution in [2.75, 3.05) is 0 Å². The molecule has 0 spiro atoms. The maximum Gasteiger partial charge on any atom is 0.277 e. The van der Waals surface area contributed by atoms with Gasteiger partial charge in [0.1, 0.15) is 0 Å². The Kier molecular flexibility index (Phi) is 5.06. The summed E-state index contributed by atoms with van der Waals surface area (Å²) in [7, 11) is 0. The average molecular weight is 360 g/mol. The molecule has 0 aliphatic carbocycles. The summed E-state index contributed by atoms with van der Waals surface area (Å²) in [6.07, 6.45) is 0.977. The van der Waals surface area contributed by atoms with E-state index >= 15 is 0 Å². The molecule has 0 aliphatic heterocycles. The van der Waals surface area contributed by atoms with Crippen molar-refractivity contribution < 1.29 is 4.42 Å². The highest BCUT2D eigenvalue weighted by Gasteiger charge is 2.15. The lowest BCUT2D eigenvalue weighted by Gasteiger charge is -2.18. The fourth-order valence-corrected chi connectivity index (χ4v) is 3.72. The predicted octanol–water partition coefficient (Wildman–Crippen LogP) is 5.35. The Morgan fingerprint density at radius 3 is 2.50 bits per heavy atom. The molecule has 0 atom stereocenters. The fourth-order valence-electron chi connectivity index (χ4n) is 2.21. The monoisotopic (exact) mass is 359 g/mol. The summed E-state index contributed by atoms with van der Waals surface area (Å²) >= 11 is 3.22. The second kappa shape index (κ2) is 7.07. The van der Waals surface area contributed by atoms with Gasteiger partial charge in [-0.05, 0) is 29.5 Å². The van der Waals surface area contributed by atoms with Crippen molar-refractivity contribution in [3.63, 3.8) is 0 Å². The van der Waals surface area contributed by atoms with Gasteiger partial charge in [0.05, 0.1) is 10.7 Å². The van der Waals surface area contributed by atoms with Gasteiger partial charge in [-0.15, -0.1) is 21.5 Å². The van der Waals surface area contributed by atoms with E-state index in [1.807, 2.05) is 12.1 Å². The smallest absolute Gasteiger partial charge is 0.277 e. The summed E-state index contributed by atoms with van der Waals surface area (Å²) in [5.41, 5.74) is 3.44. The number of thiazole rings is 1. The second-order valence-electron chi connectivity index (χ2n) is 6.58. The van der Waals surface area contributed by atoms with E-state index in [2.05, 4.69) is 60.4 Å². The van der Waals surface area contributed by atoms with Gasteiger partial charge in [-0.2, -0.15) is 0 Å². The minimum absolute atomic E-state index is 0.138. The predicted molar refractivity (Wildman–Crippen MR) is 99.5 cm³/mol. The Hall–Kier alpha value is -1.66. The van der Waals surface area contributed by atoms with Crippen LogP contribution in [0.15, 0.2) is 39.3 Å². The highest BCUT2D eigenvalue weighted by molar-refractivity contribution is 7.98. The van der Waals surface area contributed by atoms with E-state index in [1.54, 1.807) is 11.3 Å². The number of hydrogen-bond acceptors (Lipinski definition) is 6. The zero-order valence-corrected chi connectivity index (χ0v) is 16.0. The molecule has 6 heteroatoms. The third-order valence-corrected chi connectivity index (χ3v) is 5.54. The zero-order chi connectivity index (χ0) is 17.2. The molecule has 4 nitrogen and oxygen atoms in total. The molecule has 0 amide bonds. The number of thioether (sulfide) groups is 1. The molecule has 0 aliphatic rings. The Balaban J connectivity index is 1.66. The minimum atomic E-state index is 0.138. The fraction of sp³-hybridized carbons (Fsp3) is 0.389. The number of hydrogen-bond donors (Lipinski definition) is 0. The van der Waals surface area contributed by atoms with Crippen LogP contribution in [-0.4, -0.2) is 15.2 Å². The lowest BCUT2D eigenvalue weighted by atomic mass is 9.87. The third kappa shape index (κ3) is 4.05. The van der Waals surface area contributed by atoms with Crippen molar-refractivity contribution >= 4 is 23.1 Å². The van der Waals surface area contributed by atoms with Crippen molar-refractivity contribution in [2.45, 2.75) is 50.5 Å². The van der Waals surface area contributed by atoms with Crippen LogP contribution < -0.4 is 0 Å². The van der Waals surface area contributed by atoms with Gasteiger partial charge in [0.2, 0.25) is 5.89 Å². The summed E-state index contributed by atoms with van der Waals surface area (Å²) in [4.78, 5) is 4.55. The van der Waals surface area contributed by atoms with Crippen LogP contribution in [0.4, 0.5) is 0 Å². The highest BCUT2D eigenvalue weighted by atomic mass is 32.2. The SMILES string of the molecule is CCc1nc(CSc2nnc(-c3ccc(C(C)(C)C)cc3)o2)cs1. The van der Waals surface area contributed by atoms with Gasteiger partial charge in [-0.1, -0.05) is 51.6 Å². The summed E-state index contributed by atoms with van der Waals surface area (Å²) in [5, 5.41) is 12.1. The molecule has 0 N–H and O–H groups in total. The molecule has 126 valence electrons. The van der Waals surface area contributed by atoms with Gasteiger partial charge < -0.3 is 4.42 Å². The first kappa shape index (κ1) is 17.2. The van der Waals surface area contributed by atoms with Crippen LogP contribution in [0.3, 0.4) is 0 Å². The molecular weight excluding hydrogens is 338 g/mol. The quantitative estimate of drug-likeness (QED) is 0.575. The number of rotatable bonds is 5. The number of aromatic nitrogens is 3. The van der Waals surface area contributed by atoms with E-state index < -0.39 is 0 Å². The van der Waals surface area contributed by atoms with Crippen LogP contribution in [0.1, 0.15) is 44.0 Å².